The smallest absolute Gasteiger partial charge is 0.228 e. The van der Waals surface area contributed by atoms with Gasteiger partial charge in [-0.3, -0.25) is 0 Å². The molecule has 0 saturated heterocycles. The number of hydrogen-bond donors (Lipinski definition) is 0. The van der Waals surface area contributed by atoms with E-state index < -0.39 is 9.84 Å². The summed E-state index contributed by atoms with van der Waals surface area (Å²) in [5.41, 5.74) is 1.81. The second-order valence-electron chi connectivity index (χ2n) is 6.38. The quantitative estimate of drug-likeness (QED) is 0.377. The van der Waals surface area contributed by atoms with Gasteiger partial charge in [-0.1, -0.05) is 23.7 Å². The number of nitrogens with zero attached hydrogens (tertiary/aromatic N) is 2. The van der Waals surface area contributed by atoms with Crippen LogP contribution in [0.4, 0.5) is 4.39 Å². The first kappa shape index (κ1) is 20.6. The predicted octanol–water partition coefficient (Wildman–Crippen LogP) is 5.75. The molecule has 0 atom stereocenters. The van der Waals surface area contributed by atoms with Crippen molar-refractivity contribution >= 4 is 33.2 Å². The molecule has 0 bridgehead atoms. The van der Waals surface area contributed by atoms with E-state index >= 15 is 0 Å². The molecule has 0 saturated carbocycles. The van der Waals surface area contributed by atoms with E-state index in [0.29, 0.717) is 37.9 Å². The highest BCUT2D eigenvalue weighted by atomic mass is 35.5. The van der Waals surface area contributed by atoms with Crippen molar-refractivity contribution in [3.63, 3.8) is 0 Å². The Bertz CT molecular complexity index is 1290. The second kappa shape index (κ2) is 8.22. The van der Waals surface area contributed by atoms with Crippen LogP contribution >= 0.6 is 23.4 Å². The van der Waals surface area contributed by atoms with E-state index in [1.54, 1.807) is 36.4 Å². The van der Waals surface area contributed by atoms with Gasteiger partial charge < -0.3 is 4.42 Å². The molecule has 0 radical (unpaired) electrons. The molecular weight excluding hydrogens is 447 g/mol. The standard InChI is InChI=1S/C21H14ClFN2O3S2/c1-30(26,27)17-9-4-13(5-10-17)19-21(29-18-11-6-15(22)12-24-18)28-20(25-19)14-2-7-16(23)8-3-14/h2-12H,1H3. The van der Waals surface area contributed by atoms with E-state index in [1.807, 2.05) is 0 Å². The third-order valence-corrected chi connectivity index (χ3v) is 6.41. The molecular formula is C21H14ClFN2O3S2. The third kappa shape index (κ3) is 4.56. The zero-order valence-electron chi connectivity index (χ0n) is 15.5. The van der Waals surface area contributed by atoms with E-state index in [-0.39, 0.29) is 10.7 Å². The summed E-state index contributed by atoms with van der Waals surface area (Å²) in [4.78, 5) is 9.05. The summed E-state index contributed by atoms with van der Waals surface area (Å²) in [6.45, 7) is 0. The summed E-state index contributed by atoms with van der Waals surface area (Å²) in [5.74, 6) is -0.0458. The molecule has 0 spiro atoms. The van der Waals surface area contributed by atoms with Gasteiger partial charge in [-0.2, -0.15) is 0 Å². The zero-order chi connectivity index (χ0) is 21.3. The minimum absolute atomic E-state index is 0.210. The lowest BCUT2D eigenvalue weighted by Crippen LogP contribution is -1.96. The average molecular weight is 461 g/mol. The Kier molecular flexibility index (Phi) is 5.64. The highest BCUT2D eigenvalue weighted by Crippen LogP contribution is 2.38. The van der Waals surface area contributed by atoms with E-state index in [4.69, 9.17) is 16.0 Å². The molecule has 30 heavy (non-hydrogen) atoms. The minimum atomic E-state index is -3.31. The van der Waals surface area contributed by atoms with E-state index in [2.05, 4.69) is 9.97 Å². The van der Waals surface area contributed by atoms with Gasteiger partial charge in [0.1, 0.15) is 16.5 Å². The van der Waals surface area contributed by atoms with Crippen LogP contribution in [0.2, 0.25) is 5.02 Å². The largest absolute Gasteiger partial charge is 0.429 e. The second-order valence-corrected chi connectivity index (χ2v) is 9.82. The molecule has 152 valence electrons. The van der Waals surface area contributed by atoms with Crippen molar-refractivity contribution in [2.75, 3.05) is 6.26 Å². The third-order valence-electron chi connectivity index (χ3n) is 4.14. The molecule has 4 rings (SSSR count). The van der Waals surface area contributed by atoms with Crippen molar-refractivity contribution in [2.45, 2.75) is 15.0 Å². The van der Waals surface area contributed by atoms with Crippen molar-refractivity contribution in [2.24, 2.45) is 0 Å². The van der Waals surface area contributed by atoms with Gasteiger partial charge in [-0.05, 0) is 60.3 Å². The maximum Gasteiger partial charge on any atom is 0.228 e. The van der Waals surface area contributed by atoms with Gasteiger partial charge in [0.25, 0.3) is 0 Å². The summed E-state index contributed by atoms with van der Waals surface area (Å²) in [7, 11) is -3.31. The number of rotatable bonds is 5. The maximum absolute atomic E-state index is 13.3. The first-order chi connectivity index (χ1) is 14.3. The molecule has 0 fully saturated rings. The topological polar surface area (TPSA) is 73.1 Å². The van der Waals surface area contributed by atoms with Gasteiger partial charge in [0.05, 0.1) is 9.92 Å². The Morgan fingerprint density at radius 3 is 2.23 bits per heavy atom. The molecule has 0 aliphatic carbocycles. The Morgan fingerprint density at radius 1 is 0.967 bits per heavy atom. The van der Waals surface area contributed by atoms with Gasteiger partial charge >= 0.3 is 0 Å². The summed E-state index contributed by atoms with van der Waals surface area (Å²) in [5, 5.41) is 1.63. The monoisotopic (exact) mass is 460 g/mol. The summed E-state index contributed by atoms with van der Waals surface area (Å²) in [6.07, 6.45) is 2.68. The van der Waals surface area contributed by atoms with Crippen LogP contribution < -0.4 is 0 Å². The predicted molar refractivity (Wildman–Crippen MR) is 114 cm³/mol. The van der Waals surface area contributed by atoms with Crippen LogP contribution in [0.1, 0.15) is 0 Å². The minimum Gasteiger partial charge on any atom is -0.429 e. The molecule has 9 heteroatoms. The van der Waals surface area contributed by atoms with Crippen LogP contribution in [0.25, 0.3) is 22.7 Å². The maximum atomic E-state index is 13.3. The molecule has 4 aromatic rings. The number of hydrogen-bond acceptors (Lipinski definition) is 6. The number of oxazole rings is 1. The fourth-order valence-corrected chi connectivity index (χ4v) is 4.21. The number of pyridine rings is 1. The van der Waals surface area contributed by atoms with Crippen LogP contribution in [-0.2, 0) is 9.84 Å². The van der Waals surface area contributed by atoms with Gasteiger partial charge in [0.2, 0.25) is 5.89 Å². The van der Waals surface area contributed by atoms with E-state index in [9.17, 15) is 12.8 Å². The summed E-state index contributed by atoms with van der Waals surface area (Å²) in [6, 6.07) is 15.7. The molecule has 0 aliphatic heterocycles. The molecule has 0 amide bonds. The average Bonchev–Trinajstić information content (AvgIpc) is 3.13. The van der Waals surface area contributed by atoms with Gasteiger partial charge in [-0.25, -0.2) is 22.8 Å². The SMILES string of the molecule is CS(=O)(=O)c1ccc(-c2nc(-c3ccc(F)cc3)oc2Sc2ccc(Cl)cn2)cc1. The van der Waals surface area contributed by atoms with Gasteiger partial charge in [0.15, 0.2) is 14.9 Å². The summed E-state index contributed by atoms with van der Waals surface area (Å²) >= 11 is 7.16. The Hall–Kier alpha value is -2.68. The first-order valence-electron chi connectivity index (χ1n) is 8.66. The molecule has 5 nitrogen and oxygen atoms in total. The lowest BCUT2D eigenvalue weighted by Gasteiger charge is -2.03. The zero-order valence-corrected chi connectivity index (χ0v) is 17.9. The van der Waals surface area contributed by atoms with Crippen LogP contribution in [0.15, 0.2) is 86.3 Å². The van der Waals surface area contributed by atoms with E-state index in [0.717, 1.165) is 6.26 Å². The van der Waals surface area contributed by atoms with Gasteiger partial charge in [-0.15, -0.1) is 0 Å². The Labute approximate surface area is 181 Å². The van der Waals surface area contributed by atoms with Crippen molar-refractivity contribution in [1.29, 1.82) is 0 Å². The molecule has 2 aromatic carbocycles. The summed E-state index contributed by atoms with van der Waals surface area (Å²) < 4.78 is 42.7. The lowest BCUT2D eigenvalue weighted by atomic mass is 10.2. The van der Waals surface area contributed by atoms with Crippen LogP contribution in [0.5, 0.6) is 0 Å². The molecule has 2 heterocycles. The fraction of sp³-hybridized carbons (Fsp3) is 0.0476. The fourth-order valence-electron chi connectivity index (χ4n) is 2.65. The number of benzene rings is 2. The highest BCUT2D eigenvalue weighted by Gasteiger charge is 2.19. The first-order valence-corrected chi connectivity index (χ1v) is 11.7. The van der Waals surface area contributed by atoms with Crippen LogP contribution in [0.3, 0.4) is 0 Å². The number of aromatic nitrogens is 2. The molecule has 0 aliphatic rings. The molecule has 2 aromatic heterocycles. The van der Waals surface area contributed by atoms with Crippen molar-refractivity contribution in [3.05, 3.63) is 77.7 Å². The molecule has 0 unspecified atom stereocenters. The number of sulfone groups is 1. The van der Waals surface area contributed by atoms with Gasteiger partial charge in [0, 0.05) is 23.6 Å². The highest BCUT2D eigenvalue weighted by molar-refractivity contribution is 7.99. The molecule has 0 N–H and O–H groups in total. The van der Waals surface area contributed by atoms with Crippen LogP contribution in [0, 0.1) is 5.82 Å². The van der Waals surface area contributed by atoms with E-state index in [1.165, 1.54) is 42.2 Å². The van der Waals surface area contributed by atoms with Crippen molar-refractivity contribution in [1.82, 2.24) is 9.97 Å². The Morgan fingerprint density at radius 2 is 1.63 bits per heavy atom. The number of halogens is 2. The van der Waals surface area contributed by atoms with Crippen molar-refractivity contribution in [3.8, 4) is 22.7 Å². The normalized spacial score (nSPS) is 11.6. The lowest BCUT2D eigenvalue weighted by molar-refractivity contribution is 0.485. The van der Waals surface area contributed by atoms with Crippen LogP contribution in [-0.4, -0.2) is 24.6 Å². The van der Waals surface area contributed by atoms with Crippen molar-refractivity contribution < 1.29 is 17.2 Å². The Balaban J connectivity index is 1.78.